The molecule has 1 atom stereocenters. The first-order chi connectivity index (χ1) is 10.5. The van der Waals surface area contributed by atoms with Crippen LogP contribution in [-0.2, 0) is 4.79 Å². The number of thioether (sulfide) groups is 1. The van der Waals surface area contributed by atoms with Crippen molar-refractivity contribution in [2.45, 2.75) is 16.5 Å². The molecule has 1 N–H and O–H groups in total. The fourth-order valence-electron chi connectivity index (χ4n) is 1.56. The van der Waals surface area contributed by atoms with E-state index >= 15 is 0 Å². The van der Waals surface area contributed by atoms with E-state index in [9.17, 15) is 14.9 Å². The highest BCUT2D eigenvalue weighted by Crippen LogP contribution is 2.30. The number of nitrogens with zero attached hydrogens (tertiary/aromatic N) is 3. The Morgan fingerprint density at radius 1 is 1.55 bits per heavy atom. The lowest BCUT2D eigenvalue weighted by atomic mass is 10.2. The number of nitrogens with one attached hydrogen (secondary N) is 1. The number of carbonyl (C=O) groups is 1. The van der Waals surface area contributed by atoms with Crippen LogP contribution in [0, 0.1) is 10.1 Å². The highest BCUT2D eigenvalue weighted by atomic mass is 32.2. The molecule has 0 aliphatic carbocycles. The van der Waals surface area contributed by atoms with Gasteiger partial charge in [0, 0.05) is 12.1 Å². The molecular formula is C12H12N4O4S2. The van der Waals surface area contributed by atoms with Gasteiger partial charge < -0.3 is 10.1 Å². The van der Waals surface area contributed by atoms with Crippen molar-refractivity contribution < 1.29 is 14.5 Å². The lowest BCUT2D eigenvalue weighted by Crippen LogP contribution is -2.22. The topological polar surface area (TPSA) is 107 Å². The van der Waals surface area contributed by atoms with Gasteiger partial charge >= 0.3 is 0 Å². The number of carbonyl (C=O) groups excluding carboxylic acids is 1. The lowest BCUT2D eigenvalue weighted by molar-refractivity contribution is -0.384. The molecule has 0 spiro atoms. The van der Waals surface area contributed by atoms with Crippen molar-refractivity contribution >= 4 is 40.4 Å². The first-order valence-corrected chi connectivity index (χ1v) is 7.83. The van der Waals surface area contributed by atoms with Gasteiger partial charge in [-0.25, -0.2) is 0 Å². The summed E-state index contributed by atoms with van der Waals surface area (Å²) in [4.78, 5) is 22.5. The summed E-state index contributed by atoms with van der Waals surface area (Å²) in [7, 11) is 1.43. The van der Waals surface area contributed by atoms with Crippen LogP contribution in [0.2, 0.25) is 0 Å². The van der Waals surface area contributed by atoms with E-state index in [1.165, 1.54) is 48.4 Å². The average molecular weight is 340 g/mol. The predicted octanol–water partition coefficient (Wildman–Crippen LogP) is 2.57. The maximum absolute atomic E-state index is 12.2. The number of rotatable bonds is 6. The second kappa shape index (κ2) is 7.18. The molecule has 0 saturated heterocycles. The molecule has 116 valence electrons. The zero-order valence-corrected chi connectivity index (χ0v) is 13.3. The summed E-state index contributed by atoms with van der Waals surface area (Å²) < 4.78 is 5.78. The predicted molar refractivity (Wildman–Crippen MR) is 83.5 cm³/mol. The Balaban J connectivity index is 2.12. The lowest BCUT2D eigenvalue weighted by Gasteiger charge is -2.13. The van der Waals surface area contributed by atoms with E-state index in [0.717, 1.165) is 0 Å². The van der Waals surface area contributed by atoms with Crippen molar-refractivity contribution in [2.75, 3.05) is 12.4 Å². The third-order valence-corrected chi connectivity index (χ3v) is 4.55. The molecule has 1 amide bonds. The number of nitro groups is 1. The first kappa shape index (κ1) is 16.2. The van der Waals surface area contributed by atoms with Crippen molar-refractivity contribution in [1.29, 1.82) is 0 Å². The quantitative estimate of drug-likeness (QED) is 0.489. The number of hydrogen-bond acceptors (Lipinski definition) is 8. The average Bonchev–Trinajstić information content (AvgIpc) is 2.99. The van der Waals surface area contributed by atoms with Crippen LogP contribution in [0.4, 0.5) is 11.4 Å². The Hall–Kier alpha value is -2.20. The molecule has 0 aliphatic heterocycles. The van der Waals surface area contributed by atoms with Crippen molar-refractivity contribution in [3.8, 4) is 5.75 Å². The molecule has 0 aliphatic rings. The standard InChI is InChI=1S/C12H12N4O4S2/c1-7(22-12-15-13-6-21-12)11(17)14-9-5-8(16(18)19)3-4-10(9)20-2/h3-7H,1-2H3,(H,14,17)/t7-/m0/s1. The van der Waals surface area contributed by atoms with Crippen LogP contribution >= 0.6 is 23.1 Å². The van der Waals surface area contributed by atoms with Crippen molar-refractivity contribution in [3.05, 3.63) is 33.8 Å². The molecule has 2 aromatic rings. The van der Waals surface area contributed by atoms with Crippen molar-refractivity contribution in [1.82, 2.24) is 10.2 Å². The maximum atomic E-state index is 12.2. The number of amides is 1. The molecule has 10 heteroatoms. The molecule has 0 radical (unpaired) electrons. The van der Waals surface area contributed by atoms with E-state index in [2.05, 4.69) is 15.5 Å². The number of hydrogen-bond donors (Lipinski definition) is 1. The summed E-state index contributed by atoms with van der Waals surface area (Å²) >= 11 is 2.60. The van der Waals surface area contributed by atoms with Crippen LogP contribution in [0.15, 0.2) is 28.0 Å². The minimum atomic E-state index is -0.533. The van der Waals surface area contributed by atoms with Gasteiger partial charge in [-0.1, -0.05) is 23.1 Å². The largest absolute Gasteiger partial charge is 0.495 e. The summed E-state index contributed by atoms with van der Waals surface area (Å²) in [5, 5.41) is 20.6. The number of aromatic nitrogens is 2. The number of anilines is 1. The van der Waals surface area contributed by atoms with Gasteiger partial charge in [0.15, 0.2) is 4.34 Å². The van der Waals surface area contributed by atoms with Crippen LogP contribution in [0.1, 0.15) is 6.92 Å². The molecular weight excluding hydrogens is 328 g/mol. The summed E-state index contributed by atoms with van der Waals surface area (Å²) in [6.07, 6.45) is 0. The van der Waals surface area contributed by atoms with Crippen LogP contribution < -0.4 is 10.1 Å². The molecule has 0 fully saturated rings. The van der Waals surface area contributed by atoms with Crippen LogP contribution in [0.5, 0.6) is 5.75 Å². The van der Waals surface area contributed by atoms with Gasteiger partial charge in [-0.15, -0.1) is 10.2 Å². The van der Waals surface area contributed by atoms with Gasteiger partial charge in [-0.3, -0.25) is 14.9 Å². The van der Waals surface area contributed by atoms with E-state index in [1.54, 1.807) is 12.4 Å². The van der Waals surface area contributed by atoms with Gasteiger partial charge in [0.05, 0.1) is 23.0 Å². The number of benzene rings is 1. The van der Waals surface area contributed by atoms with Gasteiger partial charge in [0.25, 0.3) is 5.69 Å². The fourth-order valence-corrected chi connectivity index (χ4v) is 3.19. The highest BCUT2D eigenvalue weighted by molar-refractivity contribution is 8.02. The summed E-state index contributed by atoms with van der Waals surface area (Å²) in [6.45, 7) is 1.71. The minimum Gasteiger partial charge on any atom is -0.495 e. The van der Waals surface area contributed by atoms with E-state index in [1.807, 2.05) is 0 Å². The SMILES string of the molecule is COc1ccc([N+](=O)[O-])cc1NC(=O)[C@H](C)Sc1nncs1. The van der Waals surface area contributed by atoms with E-state index in [-0.39, 0.29) is 17.3 Å². The van der Waals surface area contributed by atoms with Crippen molar-refractivity contribution in [3.63, 3.8) is 0 Å². The molecule has 1 aromatic heterocycles. The van der Waals surface area contributed by atoms with Gasteiger partial charge in [0.1, 0.15) is 11.3 Å². The van der Waals surface area contributed by atoms with E-state index < -0.39 is 10.2 Å². The normalized spacial score (nSPS) is 11.7. The third kappa shape index (κ3) is 3.92. The van der Waals surface area contributed by atoms with Crippen molar-refractivity contribution in [2.24, 2.45) is 0 Å². The van der Waals surface area contributed by atoms with Gasteiger partial charge in [-0.05, 0) is 13.0 Å². The number of non-ortho nitro benzene ring substituents is 1. The Kier molecular flexibility index (Phi) is 5.28. The summed E-state index contributed by atoms with van der Waals surface area (Å²) in [5.74, 6) is 0.0473. The van der Waals surface area contributed by atoms with E-state index in [0.29, 0.717) is 10.1 Å². The number of nitro benzene ring substituents is 1. The summed E-state index contributed by atoms with van der Waals surface area (Å²) in [5.41, 5.74) is 1.71. The summed E-state index contributed by atoms with van der Waals surface area (Å²) in [6, 6.07) is 4.02. The Bertz CT molecular complexity index is 678. The molecule has 0 unspecified atom stereocenters. The molecule has 2 rings (SSSR count). The van der Waals surface area contributed by atoms with Crippen LogP contribution in [-0.4, -0.2) is 33.4 Å². The Morgan fingerprint density at radius 2 is 2.32 bits per heavy atom. The Morgan fingerprint density at radius 3 is 2.91 bits per heavy atom. The monoisotopic (exact) mass is 340 g/mol. The zero-order valence-electron chi connectivity index (χ0n) is 11.7. The van der Waals surface area contributed by atoms with E-state index in [4.69, 9.17) is 4.74 Å². The maximum Gasteiger partial charge on any atom is 0.271 e. The smallest absolute Gasteiger partial charge is 0.271 e. The first-order valence-electron chi connectivity index (χ1n) is 6.07. The fraction of sp³-hybridized carbons (Fsp3) is 0.250. The molecule has 1 heterocycles. The molecule has 1 aromatic carbocycles. The molecule has 8 nitrogen and oxygen atoms in total. The second-order valence-corrected chi connectivity index (χ2v) is 6.52. The highest BCUT2D eigenvalue weighted by Gasteiger charge is 2.19. The zero-order chi connectivity index (χ0) is 16.1. The van der Waals surface area contributed by atoms with Crippen LogP contribution in [0.3, 0.4) is 0 Å². The molecule has 22 heavy (non-hydrogen) atoms. The third-order valence-electron chi connectivity index (χ3n) is 2.64. The van der Waals surface area contributed by atoms with Gasteiger partial charge in [-0.2, -0.15) is 0 Å². The molecule has 0 saturated carbocycles. The molecule has 0 bridgehead atoms. The second-order valence-electron chi connectivity index (χ2n) is 4.10. The number of methoxy groups -OCH3 is 1. The van der Waals surface area contributed by atoms with Gasteiger partial charge in [0.2, 0.25) is 5.91 Å². The Labute approximate surface area is 134 Å². The van der Waals surface area contributed by atoms with Crippen LogP contribution in [0.25, 0.3) is 0 Å². The minimum absolute atomic E-state index is 0.125. The number of ether oxygens (including phenoxy) is 1.